The first-order valence-corrected chi connectivity index (χ1v) is 9.59. The third-order valence-electron chi connectivity index (χ3n) is 3.15. The molecule has 2 rings (SSSR count). The molecule has 2 heterocycles. The first-order chi connectivity index (χ1) is 10.6. The van der Waals surface area contributed by atoms with E-state index in [4.69, 9.17) is 12.2 Å². The molecule has 0 saturated carbocycles. The van der Waals surface area contributed by atoms with Gasteiger partial charge < -0.3 is 9.80 Å². The maximum absolute atomic E-state index is 5.35. The number of halogens is 2. The predicted molar refractivity (Wildman–Crippen MR) is 93.0 cm³/mol. The predicted octanol–water partition coefficient (Wildman–Crippen LogP) is 2.30. The molecule has 127 valence electrons. The van der Waals surface area contributed by atoms with E-state index in [9.17, 15) is 0 Å². The molecular weight excluding hydrogens is 393 g/mol. The van der Waals surface area contributed by atoms with Crippen molar-refractivity contribution in [3.8, 4) is 0 Å². The van der Waals surface area contributed by atoms with Crippen molar-refractivity contribution >= 4 is 43.2 Å². The normalized spacial score (nSPS) is 16.0. The number of rotatable bonds is 2. The van der Waals surface area contributed by atoms with Crippen molar-refractivity contribution in [1.29, 1.82) is 0 Å². The fraction of sp³-hybridized carbons (Fsp3) is 0.462. The Morgan fingerprint density at radius 3 is 2.50 bits per heavy atom. The molecule has 5 nitrogen and oxygen atoms in total. The summed E-state index contributed by atoms with van der Waals surface area (Å²) in [7, 11) is 11.5. The summed E-state index contributed by atoms with van der Waals surface area (Å²) in [5, 5.41) is 4.98. The zero-order chi connectivity index (χ0) is 16.4. The zero-order valence-corrected chi connectivity index (χ0v) is 15.7. The quantitative estimate of drug-likeness (QED) is 0.350. The van der Waals surface area contributed by atoms with Crippen molar-refractivity contribution in [1.82, 2.24) is 20.2 Å². The molecule has 0 radical (unpaired) electrons. The molecule has 1 N–H and O–H groups in total. The van der Waals surface area contributed by atoms with Crippen LogP contribution in [0.5, 0.6) is 0 Å². The molecule has 0 amide bonds. The van der Waals surface area contributed by atoms with Crippen LogP contribution in [0.15, 0.2) is 29.5 Å². The Balaban J connectivity index is 0.000000745. The number of nitrogens with zero attached hydrogens (tertiary/aromatic N) is 4. The number of nitrogens with one attached hydrogen (secondary N) is 1. The van der Waals surface area contributed by atoms with Crippen LogP contribution in [0, 0.1) is 0 Å². The Kier molecular flexibility index (Phi) is 9.95. The van der Waals surface area contributed by atoms with Crippen LogP contribution in [-0.4, -0.2) is 58.8 Å². The van der Waals surface area contributed by atoms with E-state index in [0.29, 0.717) is 5.11 Å². The summed E-state index contributed by atoms with van der Waals surface area (Å²) >= 11 is 6.11. The van der Waals surface area contributed by atoms with Crippen LogP contribution in [0.2, 0.25) is 0 Å². The average Bonchev–Trinajstić information content (AvgIpc) is 2.54. The van der Waals surface area contributed by atoms with Crippen LogP contribution >= 0.6 is 32.4 Å². The van der Waals surface area contributed by atoms with Gasteiger partial charge in [0.15, 0.2) is 5.11 Å². The number of aromatic nitrogens is 1. The van der Waals surface area contributed by atoms with Crippen LogP contribution in [0.1, 0.15) is 12.6 Å². The van der Waals surface area contributed by atoms with Crippen LogP contribution in [0.3, 0.4) is 0 Å². The van der Waals surface area contributed by atoms with Crippen molar-refractivity contribution in [2.24, 2.45) is 5.10 Å². The van der Waals surface area contributed by atoms with Gasteiger partial charge in [-0.1, -0.05) is 6.07 Å². The van der Waals surface area contributed by atoms with Gasteiger partial charge in [0.1, 0.15) is 0 Å². The van der Waals surface area contributed by atoms with Crippen LogP contribution in [0.4, 0.5) is 0 Å². The second kappa shape index (κ2) is 11.2. The Bertz CT molecular complexity index is 481. The van der Waals surface area contributed by atoms with Gasteiger partial charge in [0, 0.05) is 32.4 Å². The molecule has 1 aromatic rings. The number of hydrogen-bond acceptors (Lipinski definition) is 4. The fourth-order valence-corrected chi connectivity index (χ4v) is 2.07. The summed E-state index contributed by atoms with van der Waals surface area (Å²) in [4.78, 5) is 8.68. The van der Waals surface area contributed by atoms with Gasteiger partial charge in [0.2, 0.25) is 0 Å². The van der Waals surface area contributed by atoms with Gasteiger partial charge in [0.05, 0.1) is 11.4 Å². The van der Waals surface area contributed by atoms with Gasteiger partial charge in [-0.25, -0.2) is 0 Å². The molecule has 0 atom stereocenters. The number of pyridine rings is 1. The standard InChI is InChI=1S/C13H19N5S.2ClH.Cu/c1-11(12-5-3-4-6-14-12)15-16-13(19)18-9-7-17(2)8-10-18;;;/h3-6H,7-10H2,1-2H3,(H,16,19);2*1H;/q;;;+2/p-2/b15-11+;;;. The van der Waals surface area contributed by atoms with E-state index in [1.54, 1.807) is 6.20 Å². The molecule has 9 heteroatoms. The van der Waals surface area contributed by atoms with Gasteiger partial charge in [-0.3, -0.25) is 10.4 Å². The van der Waals surface area contributed by atoms with Crippen molar-refractivity contribution in [2.45, 2.75) is 6.92 Å². The van der Waals surface area contributed by atoms with Crippen LogP contribution in [0.25, 0.3) is 0 Å². The number of hydrogen-bond donors (Lipinski definition) is 1. The zero-order valence-electron chi connectivity index (χ0n) is 12.4. The number of piperazine rings is 1. The Morgan fingerprint density at radius 1 is 1.32 bits per heavy atom. The van der Waals surface area contributed by atoms with Crippen LogP contribution < -0.4 is 5.43 Å². The van der Waals surface area contributed by atoms with Crippen molar-refractivity contribution in [3.05, 3.63) is 30.1 Å². The van der Waals surface area contributed by atoms with Gasteiger partial charge >= 0.3 is 33.3 Å². The van der Waals surface area contributed by atoms with E-state index in [-0.39, 0.29) is 0 Å². The van der Waals surface area contributed by atoms with Gasteiger partial charge in [-0.05, 0) is 38.3 Å². The van der Waals surface area contributed by atoms with E-state index in [1.807, 2.05) is 25.1 Å². The molecule has 1 saturated heterocycles. The van der Waals surface area contributed by atoms with E-state index in [0.717, 1.165) is 50.7 Å². The van der Waals surface area contributed by atoms with Crippen LogP contribution in [-0.2, 0) is 13.1 Å². The van der Waals surface area contributed by atoms with Gasteiger partial charge in [0.25, 0.3) is 0 Å². The molecule has 0 aromatic carbocycles. The summed E-state index contributed by atoms with van der Waals surface area (Å²) in [6.07, 6.45) is 1.76. The third-order valence-corrected chi connectivity index (χ3v) is 3.49. The third kappa shape index (κ3) is 7.22. The molecule has 1 fully saturated rings. The fourth-order valence-electron chi connectivity index (χ4n) is 1.85. The molecule has 0 unspecified atom stereocenters. The molecule has 0 spiro atoms. The molecule has 0 bridgehead atoms. The van der Waals surface area contributed by atoms with Crippen molar-refractivity contribution in [3.63, 3.8) is 0 Å². The van der Waals surface area contributed by atoms with Crippen molar-refractivity contribution in [2.75, 3.05) is 33.2 Å². The Labute approximate surface area is 151 Å². The Hall–Kier alpha value is -0.431. The molecule has 22 heavy (non-hydrogen) atoms. The number of thiocarbonyl (C=S) groups is 1. The summed E-state index contributed by atoms with van der Waals surface area (Å²) in [6, 6.07) is 5.76. The van der Waals surface area contributed by atoms with E-state index in [1.165, 1.54) is 0 Å². The summed E-state index contributed by atoms with van der Waals surface area (Å²) < 4.78 is 0. The van der Waals surface area contributed by atoms with E-state index >= 15 is 0 Å². The summed E-state index contributed by atoms with van der Waals surface area (Å²) in [5.41, 5.74) is 4.64. The molecular formula is C13H19Cl2CuN5S. The first-order valence-electron chi connectivity index (χ1n) is 6.59. The molecule has 0 aliphatic carbocycles. The maximum atomic E-state index is 5.35. The number of hydrazone groups is 1. The second-order valence-electron chi connectivity index (χ2n) is 4.66. The van der Waals surface area contributed by atoms with E-state index < -0.39 is 0 Å². The minimum absolute atomic E-state index is 0.684. The topological polar surface area (TPSA) is 43.8 Å². The second-order valence-corrected chi connectivity index (χ2v) is 6.60. The average molecular weight is 412 g/mol. The van der Waals surface area contributed by atoms with Gasteiger partial charge in [-0.2, -0.15) is 5.10 Å². The monoisotopic (exact) mass is 410 g/mol. The number of likely N-dealkylation sites (N-methyl/N-ethyl adjacent to an activating group) is 1. The SMILES string of the molecule is C/C(=N\NC(=S)N1CCN(C)CC1)c1ccccn1.[Cl][Cu][Cl]. The molecule has 1 aliphatic heterocycles. The Morgan fingerprint density at radius 2 is 1.95 bits per heavy atom. The van der Waals surface area contributed by atoms with Crippen molar-refractivity contribution < 1.29 is 13.1 Å². The summed E-state index contributed by atoms with van der Waals surface area (Å²) in [5.74, 6) is 0. The minimum atomic E-state index is 0.684. The molecule has 1 aliphatic rings. The summed E-state index contributed by atoms with van der Waals surface area (Å²) in [6.45, 7) is 5.87. The first kappa shape index (κ1) is 19.6. The molecule has 1 aromatic heterocycles. The van der Waals surface area contributed by atoms with Gasteiger partial charge in [-0.15, -0.1) is 0 Å². The van der Waals surface area contributed by atoms with E-state index in [2.05, 4.69) is 52.6 Å².